The zero-order valence-electron chi connectivity index (χ0n) is 12.0. The molecule has 1 atom stereocenters. The van der Waals surface area contributed by atoms with E-state index in [-0.39, 0.29) is 11.7 Å². The van der Waals surface area contributed by atoms with Crippen LogP contribution in [0.25, 0.3) is 0 Å². The van der Waals surface area contributed by atoms with Crippen molar-refractivity contribution in [2.24, 2.45) is 0 Å². The van der Waals surface area contributed by atoms with Gasteiger partial charge in [0.25, 0.3) is 0 Å². The summed E-state index contributed by atoms with van der Waals surface area (Å²) in [7, 11) is 1.91. The molecule has 1 aliphatic rings. The highest BCUT2D eigenvalue weighted by Gasteiger charge is 2.32. The van der Waals surface area contributed by atoms with Gasteiger partial charge in [-0.1, -0.05) is 11.6 Å². The van der Waals surface area contributed by atoms with Crippen molar-refractivity contribution in [3.8, 4) is 0 Å². The van der Waals surface area contributed by atoms with Gasteiger partial charge >= 0.3 is 0 Å². The van der Waals surface area contributed by atoms with E-state index in [2.05, 4.69) is 42.0 Å². The lowest BCUT2D eigenvalue weighted by molar-refractivity contribution is -0.0751. The van der Waals surface area contributed by atoms with Gasteiger partial charge < -0.3 is 15.0 Å². The minimum atomic E-state index is -0.151. The average molecular weight is 284 g/mol. The highest BCUT2D eigenvalue weighted by Crippen LogP contribution is 2.27. The smallest absolute Gasteiger partial charge is 0.129 e. The Morgan fingerprint density at radius 1 is 1.58 bits per heavy atom. The minimum Gasteiger partial charge on any atom is -0.369 e. The van der Waals surface area contributed by atoms with Crippen LogP contribution >= 0.6 is 11.6 Å². The number of halogens is 1. The number of aromatic nitrogens is 1. The molecule has 0 aliphatic carbocycles. The summed E-state index contributed by atoms with van der Waals surface area (Å²) in [5, 5.41) is 3.83. The molecule has 0 bridgehead atoms. The van der Waals surface area contributed by atoms with E-state index < -0.39 is 0 Å². The number of rotatable bonds is 3. The van der Waals surface area contributed by atoms with E-state index in [1.54, 1.807) is 6.20 Å². The summed E-state index contributed by atoms with van der Waals surface area (Å²) in [5.41, 5.74) is 0.924. The lowest BCUT2D eigenvalue weighted by atomic mass is 10.1. The summed E-state index contributed by atoms with van der Waals surface area (Å²) < 4.78 is 5.92. The van der Waals surface area contributed by atoms with Crippen molar-refractivity contribution >= 4 is 17.4 Å². The Balaban J connectivity index is 2.23. The molecule has 0 saturated carbocycles. The molecule has 1 saturated heterocycles. The molecule has 0 amide bonds. The lowest BCUT2D eigenvalue weighted by Crippen LogP contribution is -2.52. The summed E-state index contributed by atoms with van der Waals surface area (Å²) >= 11 is 6.15. The highest BCUT2D eigenvalue weighted by atomic mass is 35.5. The van der Waals surface area contributed by atoms with Gasteiger partial charge in [0, 0.05) is 25.8 Å². The Hall–Kier alpha value is -0.840. The molecule has 1 aliphatic heterocycles. The Kier molecular flexibility index (Phi) is 4.33. The van der Waals surface area contributed by atoms with Gasteiger partial charge in [-0.2, -0.15) is 0 Å². The molecule has 2 rings (SSSR count). The minimum absolute atomic E-state index is 0.151. The second-order valence-corrected chi connectivity index (χ2v) is 6.14. The number of morpholine rings is 1. The van der Waals surface area contributed by atoms with Gasteiger partial charge in [-0.3, -0.25) is 0 Å². The monoisotopic (exact) mass is 283 g/mol. The first-order valence-electron chi connectivity index (χ1n) is 6.63. The van der Waals surface area contributed by atoms with E-state index in [0.717, 1.165) is 31.0 Å². The third kappa shape index (κ3) is 3.59. The number of ether oxygens (including phenoxy) is 1. The van der Waals surface area contributed by atoms with Crippen LogP contribution in [0.4, 0.5) is 5.82 Å². The maximum absolute atomic E-state index is 6.15. The number of hydrogen-bond acceptors (Lipinski definition) is 4. The van der Waals surface area contributed by atoms with Crippen LogP contribution in [-0.2, 0) is 11.3 Å². The van der Waals surface area contributed by atoms with E-state index >= 15 is 0 Å². The molecule has 0 radical (unpaired) electrons. The highest BCUT2D eigenvalue weighted by molar-refractivity contribution is 6.31. The first-order valence-corrected chi connectivity index (χ1v) is 7.01. The van der Waals surface area contributed by atoms with Crippen LogP contribution in [0.3, 0.4) is 0 Å². The SMILES string of the molecule is CNCc1cc(N2CC(C)OC(C)(C)C2)ncc1Cl. The second-order valence-electron chi connectivity index (χ2n) is 5.73. The second kappa shape index (κ2) is 5.65. The van der Waals surface area contributed by atoms with E-state index in [9.17, 15) is 0 Å². The van der Waals surface area contributed by atoms with Gasteiger partial charge in [0.15, 0.2) is 0 Å². The average Bonchev–Trinajstić information content (AvgIpc) is 2.29. The number of anilines is 1. The van der Waals surface area contributed by atoms with Gasteiger partial charge in [-0.15, -0.1) is 0 Å². The van der Waals surface area contributed by atoms with Crippen molar-refractivity contribution < 1.29 is 4.74 Å². The largest absolute Gasteiger partial charge is 0.369 e. The van der Waals surface area contributed by atoms with E-state index in [4.69, 9.17) is 16.3 Å². The zero-order valence-corrected chi connectivity index (χ0v) is 12.8. The predicted molar refractivity (Wildman–Crippen MR) is 78.8 cm³/mol. The van der Waals surface area contributed by atoms with Crippen molar-refractivity contribution in [2.45, 2.75) is 39.0 Å². The molecule has 1 aromatic heterocycles. The van der Waals surface area contributed by atoms with Gasteiger partial charge in [0.1, 0.15) is 5.82 Å². The van der Waals surface area contributed by atoms with Crippen molar-refractivity contribution in [1.82, 2.24) is 10.3 Å². The molecule has 1 aromatic rings. The fraction of sp³-hybridized carbons (Fsp3) is 0.643. The topological polar surface area (TPSA) is 37.4 Å². The van der Waals surface area contributed by atoms with Crippen LogP contribution in [-0.4, -0.2) is 36.8 Å². The zero-order chi connectivity index (χ0) is 14.0. The normalized spacial score (nSPS) is 22.6. The summed E-state index contributed by atoms with van der Waals surface area (Å²) in [4.78, 5) is 6.72. The Bertz CT molecular complexity index is 450. The Labute approximate surface area is 120 Å². The molecule has 1 N–H and O–H groups in total. The quantitative estimate of drug-likeness (QED) is 0.925. The first-order chi connectivity index (χ1) is 8.91. The Morgan fingerprint density at radius 2 is 2.32 bits per heavy atom. The van der Waals surface area contributed by atoms with E-state index in [1.165, 1.54) is 0 Å². The fourth-order valence-electron chi connectivity index (χ4n) is 2.59. The molecule has 1 fully saturated rings. The summed E-state index contributed by atoms with van der Waals surface area (Å²) in [5.74, 6) is 0.970. The number of nitrogens with zero attached hydrogens (tertiary/aromatic N) is 2. The molecule has 5 heteroatoms. The number of hydrogen-bond donors (Lipinski definition) is 1. The molecule has 1 unspecified atom stereocenters. The summed E-state index contributed by atoms with van der Waals surface area (Å²) in [6, 6.07) is 2.06. The molecule has 0 aromatic carbocycles. The Morgan fingerprint density at radius 3 is 2.95 bits per heavy atom. The van der Waals surface area contributed by atoms with Crippen molar-refractivity contribution in [2.75, 3.05) is 25.0 Å². The summed E-state index contributed by atoms with van der Waals surface area (Å²) in [6.45, 7) is 8.76. The fourth-order valence-corrected chi connectivity index (χ4v) is 2.77. The standard InChI is InChI=1S/C14H22ClN3O/c1-10-8-18(9-14(2,3)19-10)13-5-11(6-16-4)12(15)7-17-13/h5,7,10,16H,6,8-9H2,1-4H3. The van der Waals surface area contributed by atoms with Crippen molar-refractivity contribution in [3.63, 3.8) is 0 Å². The van der Waals surface area contributed by atoms with Gasteiger partial charge in [-0.25, -0.2) is 4.98 Å². The van der Waals surface area contributed by atoms with Crippen molar-refractivity contribution in [3.05, 3.63) is 22.8 Å². The maximum atomic E-state index is 6.15. The van der Waals surface area contributed by atoms with Gasteiger partial charge in [0.2, 0.25) is 0 Å². The van der Waals surface area contributed by atoms with Crippen LogP contribution < -0.4 is 10.2 Å². The summed E-state index contributed by atoms with van der Waals surface area (Å²) in [6.07, 6.45) is 1.94. The molecule has 19 heavy (non-hydrogen) atoms. The van der Waals surface area contributed by atoms with Gasteiger partial charge in [-0.05, 0) is 39.4 Å². The molecule has 106 valence electrons. The van der Waals surface area contributed by atoms with Crippen molar-refractivity contribution in [1.29, 1.82) is 0 Å². The maximum Gasteiger partial charge on any atom is 0.129 e. The predicted octanol–water partition coefficient (Wildman–Crippen LogP) is 2.46. The third-order valence-electron chi connectivity index (χ3n) is 3.18. The van der Waals surface area contributed by atoms with Crippen LogP contribution in [0.2, 0.25) is 5.02 Å². The number of pyridine rings is 1. The molecule has 0 spiro atoms. The molecular formula is C14H22ClN3O. The lowest BCUT2D eigenvalue weighted by Gasteiger charge is -2.42. The molecule has 4 nitrogen and oxygen atoms in total. The third-order valence-corrected chi connectivity index (χ3v) is 3.52. The van der Waals surface area contributed by atoms with Gasteiger partial charge in [0.05, 0.1) is 16.7 Å². The van der Waals surface area contributed by atoms with Crippen LogP contribution in [0.15, 0.2) is 12.3 Å². The first kappa shape index (κ1) is 14.6. The number of nitrogens with one attached hydrogen (secondary N) is 1. The van der Waals surface area contributed by atoms with Crippen LogP contribution in [0.1, 0.15) is 26.3 Å². The van der Waals surface area contributed by atoms with Crippen LogP contribution in [0.5, 0.6) is 0 Å². The molecular weight excluding hydrogens is 262 g/mol. The van der Waals surface area contributed by atoms with E-state index in [1.807, 2.05) is 7.05 Å². The van der Waals surface area contributed by atoms with E-state index in [0.29, 0.717) is 5.02 Å². The van der Waals surface area contributed by atoms with Crippen LogP contribution in [0, 0.1) is 0 Å². The molecule has 2 heterocycles.